The first-order valence-electron chi connectivity index (χ1n) is 7.25. The lowest BCUT2D eigenvalue weighted by Crippen LogP contribution is -2.43. The fourth-order valence-corrected chi connectivity index (χ4v) is 3.50. The number of rotatable bonds is 2. The number of fused-ring (bicyclic) bond motifs is 1. The standard InChI is InChI=1S/C16H21FN2O.ClH/c1-16(2,13-5-3-4-6-14(13)17)15(20)19-9-11-7-18-8-12(11)10-19;/h3-6,11-12,18H,7-10H2,1-2H3;1H/t11-,12+;. The van der Waals surface area contributed by atoms with Crippen molar-refractivity contribution in [1.82, 2.24) is 10.2 Å². The predicted molar refractivity (Wildman–Crippen MR) is 83.1 cm³/mol. The molecule has 0 aliphatic carbocycles. The van der Waals surface area contributed by atoms with E-state index in [1.54, 1.807) is 18.2 Å². The van der Waals surface area contributed by atoms with Crippen LogP contribution in [0.15, 0.2) is 24.3 Å². The Morgan fingerprint density at radius 3 is 2.38 bits per heavy atom. The third kappa shape index (κ3) is 2.79. The van der Waals surface area contributed by atoms with E-state index in [1.165, 1.54) is 6.07 Å². The molecule has 3 nitrogen and oxygen atoms in total. The number of nitrogens with one attached hydrogen (secondary N) is 1. The molecule has 0 radical (unpaired) electrons. The van der Waals surface area contributed by atoms with Crippen LogP contribution in [0.4, 0.5) is 4.39 Å². The van der Waals surface area contributed by atoms with E-state index in [1.807, 2.05) is 18.7 Å². The zero-order valence-electron chi connectivity index (χ0n) is 12.4. The van der Waals surface area contributed by atoms with Crippen LogP contribution >= 0.6 is 12.4 Å². The maximum atomic E-state index is 14.0. The van der Waals surface area contributed by atoms with Gasteiger partial charge < -0.3 is 10.2 Å². The first-order chi connectivity index (χ1) is 9.50. The zero-order valence-corrected chi connectivity index (χ0v) is 13.3. The topological polar surface area (TPSA) is 32.3 Å². The minimum atomic E-state index is -0.808. The number of halogens is 2. The third-order valence-corrected chi connectivity index (χ3v) is 4.76. The van der Waals surface area contributed by atoms with Crippen LogP contribution in [-0.4, -0.2) is 37.0 Å². The fourth-order valence-electron chi connectivity index (χ4n) is 3.50. The van der Waals surface area contributed by atoms with E-state index in [0.29, 0.717) is 17.4 Å². The number of nitrogens with zero attached hydrogens (tertiary/aromatic N) is 1. The maximum Gasteiger partial charge on any atom is 0.232 e. The van der Waals surface area contributed by atoms with Gasteiger partial charge in [0.05, 0.1) is 5.41 Å². The van der Waals surface area contributed by atoms with Crippen molar-refractivity contribution in [2.45, 2.75) is 19.3 Å². The van der Waals surface area contributed by atoms with Gasteiger partial charge in [-0.05, 0) is 31.7 Å². The van der Waals surface area contributed by atoms with Crippen LogP contribution < -0.4 is 5.32 Å². The normalized spacial score (nSPS) is 24.6. The minimum Gasteiger partial charge on any atom is -0.341 e. The van der Waals surface area contributed by atoms with E-state index in [4.69, 9.17) is 0 Å². The van der Waals surface area contributed by atoms with E-state index in [2.05, 4.69) is 5.32 Å². The van der Waals surface area contributed by atoms with Gasteiger partial charge >= 0.3 is 0 Å². The molecule has 1 N–H and O–H groups in total. The highest BCUT2D eigenvalue weighted by Crippen LogP contribution is 2.33. The highest BCUT2D eigenvalue weighted by Gasteiger charge is 2.43. The number of carbonyl (C=O) groups is 1. The van der Waals surface area contributed by atoms with Crippen molar-refractivity contribution >= 4 is 18.3 Å². The second kappa shape index (κ2) is 5.93. The lowest BCUT2D eigenvalue weighted by Gasteiger charge is -2.30. The van der Waals surface area contributed by atoms with Gasteiger partial charge in [-0.2, -0.15) is 0 Å². The van der Waals surface area contributed by atoms with Gasteiger partial charge in [-0.3, -0.25) is 4.79 Å². The maximum absolute atomic E-state index is 14.0. The van der Waals surface area contributed by atoms with Crippen LogP contribution in [0.2, 0.25) is 0 Å². The molecular formula is C16H22ClFN2O. The molecule has 2 saturated heterocycles. The molecule has 0 unspecified atom stereocenters. The zero-order chi connectivity index (χ0) is 14.3. The second-order valence-electron chi connectivity index (χ2n) is 6.49. The smallest absolute Gasteiger partial charge is 0.232 e. The molecule has 2 atom stereocenters. The highest BCUT2D eigenvalue weighted by atomic mass is 35.5. The molecular weight excluding hydrogens is 291 g/mol. The Balaban J connectivity index is 0.00000161. The summed E-state index contributed by atoms with van der Waals surface area (Å²) in [6.45, 7) is 7.23. The lowest BCUT2D eigenvalue weighted by molar-refractivity contribution is -0.135. The molecule has 1 amide bonds. The summed E-state index contributed by atoms with van der Waals surface area (Å²) < 4.78 is 14.0. The SMILES string of the molecule is CC(C)(C(=O)N1C[C@H]2CNC[C@H]2C1)c1ccccc1F.Cl. The van der Waals surface area contributed by atoms with Crippen LogP contribution in [0, 0.1) is 17.7 Å². The lowest BCUT2D eigenvalue weighted by atomic mass is 9.83. The molecule has 2 aliphatic rings. The van der Waals surface area contributed by atoms with Gasteiger partial charge in [0.25, 0.3) is 0 Å². The molecule has 2 fully saturated rings. The molecule has 2 aliphatic heterocycles. The van der Waals surface area contributed by atoms with Crippen LogP contribution in [0.1, 0.15) is 19.4 Å². The summed E-state index contributed by atoms with van der Waals surface area (Å²) in [4.78, 5) is 14.7. The van der Waals surface area contributed by atoms with E-state index in [0.717, 1.165) is 26.2 Å². The van der Waals surface area contributed by atoms with Gasteiger partial charge in [0.15, 0.2) is 0 Å². The number of carbonyl (C=O) groups excluding carboxylic acids is 1. The quantitative estimate of drug-likeness (QED) is 0.908. The number of amides is 1. The van der Waals surface area contributed by atoms with Crippen LogP contribution in [0.3, 0.4) is 0 Å². The molecule has 2 heterocycles. The van der Waals surface area contributed by atoms with E-state index >= 15 is 0 Å². The Hall–Kier alpha value is -1.13. The Bertz CT molecular complexity index is 523. The molecule has 0 spiro atoms. The summed E-state index contributed by atoms with van der Waals surface area (Å²) in [6.07, 6.45) is 0. The van der Waals surface area contributed by atoms with Crippen molar-refractivity contribution in [2.24, 2.45) is 11.8 Å². The summed E-state index contributed by atoms with van der Waals surface area (Å²) in [5, 5.41) is 3.37. The molecule has 3 rings (SSSR count). The van der Waals surface area contributed by atoms with Crippen molar-refractivity contribution in [3.63, 3.8) is 0 Å². The van der Waals surface area contributed by atoms with Crippen molar-refractivity contribution < 1.29 is 9.18 Å². The number of hydrogen-bond acceptors (Lipinski definition) is 2. The van der Waals surface area contributed by atoms with Gasteiger partial charge in [-0.1, -0.05) is 18.2 Å². The van der Waals surface area contributed by atoms with Crippen molar-refractivity contribution in [3.05, 3.63) is 35.6 Å². The Morgan fingerprint density at radius 1 is 1.24 bits per heavy atom. The number of hydrogen-bond donors (Lipinski definition) is 1. The first-order valence-corrected chi connectivity index (χ1v) is 7.25. The van der Waals surface area contributed by atoms with Crippen LogP contribution in [-0.2, 0) is 10.2 Å². The molecule has 0 bridgehead atoms. The van der Waals surface area contributed by atoms with Crippen LogP contribution in [0.25, 0.3) is 0 Å². The first kappa shape index (κ1) is 16.2. The Morgan fingerprint density at radius 2 is 1.81 bits per heavy atom. The van der Waals surface area contributed by atoms with E-state index in [9.17, 15) is 9.18 Å². The summed E-state index contributed by atoms with van der Waals surface area (Å²) >= 11 is 0. The largest absolute Gasteiger partial charge is 0.341 e. The van der Waals surface area contributed by atoms with Gasteiger partial charge in [0.2, 0.25) is 5.91 Å². The molecule has 1 aromatic rings. The predicted octanol–water partition coefficient (Wildman–Crippen LogP) is 2.20. The van der Waals surface area contributed by atoms with Gasteiger partial charge in [0.1, 0.15) is 5.82 Å². The Labute approximate surface area is 131 Å². The fraction of sp³-hybridized carbons (Fsp3) is 0.562. The summed E-state index contributed by atoms with van der Waals surface area (Å²) in [7, 11) is 0. The highest BCUT2D eigenvalue weighted by molar-refractivity contribution is 5.87. The molecule has 1 aromatic carbocycles. The molecule has 21 heavy (non-hydrogen) atoms. The Kier molecular flexibility index (Phi) is 4.59. The minimum absolute atomic E-state index is 0. The molecule has 5 heteroatoms. The molecule has 0 saturated carbocycles. The van der Waals surface area contributed by atoms with Crippen molar-refractivity contribution in [2.75, 3.05) is 26.2 Å². The van der Waals surface area contributed by atoms with Gasteiger partial charge in [-0.15, -0.1) is 12.4 Å². The van der Waals surface area contributed by atoms with E-state index in [-0.39, 0.29) is 24.1 Å². The van der Waals surface area contributed by atoms with E-state index < -0.39 is 5.41 Å². The summed E-state index contributed by atoms with van der Waals surface area (Å²) in [6, 6.07) is 6.58. The summed E-state index contributed by atoms with van der Waals surface area (Å²) in [5.74, 6) is 0.870. The average molecular weight is 313 g/mol. The van der Waals surface area contributed by atoms with Crippen LogP contribution in [0.5, 0.6) is 0 Å². The second-order valence-corrected chi connectivity index (χ2v) is 6.49. The van der Waals surface area contributed by atoms with Gasteiger partial charge in [-0.25, -0.2) is 4.39 Å². The van der Waals surface area contributed by atoms with Gasteiger partial charge in [0, 0.05) is 31.7 Å². The molecule has 116 valence electrons. The summed E-state index contributed by atoms with van der Waals surface area (Å²) in [5.41, 5.74) is -0.322. The number of benzene rings is 1. The number of likely N-dealkylation sites (tertiary alicyclic amines) is 1. The molecule has 0 aromatic heterocycles. The van der Waals surface area contributed by atoms with Crippen molar-refractivity contribution in [1.29, 1.82) is 0 Å². The van der Waals surface area contributed by atoms with Crippen molar-refractivity contribution in [3.8, 4) is 0 Å². The monoisotopic (exact) mass is 312 g/mol. The third-order valence-electron chi connectivity index (χ3n) is 4.76. The average Bonchev–Trinajstić information content (AvgIpc) is 2.98.